The van der Waals surface area contributed by atoms with Crippen molar-refractivity contribution in [3.05, 3.63) is 47.8 Å². The number of hydrogen-bond acceptors (Lipinski definition) is 3. The van der Waals surface area contributed by atoms with Gasteiger partial charge in [-0.25, -0.2) is 4.68 Å². The van der Waals surface area contributed by atoms with E-state index < -0.39 is 0 Å². The molecule has 23 heavy (non-hydrogen) atoms. The highest BCUT2D eigenvalue weighted by Crippen LogP contribution is 2.31. The van der Waals surface area contributed by atoms with E-state index >= 15 is 0 Å². The number of fused-ring (bicyclic) bond motifs is 1. The van der Waals surface area contributed by atoms with E-state index in [9.17, 15) is 0 Å². The molecule has 1 aliphatic rings. The Balaban J connectivity index is 1.83. The molecule has 0 bridgehead atoms. The fourth-order valence-electron chi connectivity index (χ4n) is 3.33. The van der Waals surface area contributed by atoms with Crippen molar-refractivity contribution in [1.82, 2.24) is 14.8 Å². The minimum Gasteiger partial charge on any atom is -0.357 e. The van der Waals surface area contributed by atoms with Crippen molar-refractivity contribution < 1.29 is 4.74 Å². The van der Waals surface area contributed by atoms with E-state index in [0.29, 0.717) is 0 Å². The van der Waals surface area contributed by atoms with Crippen LogP contribution >= 0.6 is 0 Å². The number of nitrogens with zero attached hydrogens (tertiary/aromatic N) is 3. The van der Waals surface area contributed by atoms with E-state index in [-0.39, 0.29) is 6.23 Å². The van der Waals surface area contributed by atoms with E-state index in [1.807, 2.05) is 17.7 Å². The second-order valence-electron chi connectivity index (χ2n) is 6.29. The summed E-state index contributed by atoms with van der Waals surface area (Å²) in [5.74, 6) is 0. The number of aromatic nitrogens is 3. The molecule has 1 atom stereocenters. The summed E-state index contributed by atoms with van der Waals surface area (Å²) in [6.07, 6.45) is 5.57. The Morgan fingerprint density at radius 2 is 2.04 bits per heavy atom. The van der Waals surface area contributed by atoms with Gasteiger partial charge in [-0.3, -0.25) is 4.98 Å². The fourth-order valence-corrected chi connectivity index (χ4v) is 3.33. The monoisotopic (exact) mass is 307 g/mol. The average Bonchev–Trinajstić information content (AvgIpc) is 2.96. The van der Waals surface area contributed by atoms with Crippen LogP contribution in [0.3, 0.4) is 0 Å². The number of benzene rings is 1. The van der Waals surface area contributed by atoms with Gasteiger partial charge in [0.2, 0.25) is 0 Å². The summed E-state index contributed by atoms with van der Waals surface area (Å²) < 4.78 is 7.86. The van der Waals surface area contributed by atoms with Crippen LogP contribution in [0.4, 0.5) is 0 Å². The molecule has 0 aliphatic carbocycles. The predicted octanol–water partition coefficient (Wildman–Crippen LogP) is 4.41. The molecule has 0 saturated carbocycles. The van der Waals surface area contributed by atoms with Crippen LogP contribution < -0.4 is 0 Å². The smallest absolute Gasteiger partial charge is 0.150 e. The summed E-state index contributed by atoms with van der Waals surface area (Å²) in [4.78, 5) is 4.63. The molecule has 1 unspecified atom stereocenters. The van der Waals surface area contributed by atoms with E-state index in [4.69, 9.17) is 9.84 Å². The predicted molar refractivity (Wildman–Crippen MR) is 91.3 cm³/mol. The van der Waals surface area contributed by atoms with E-state index in [1.54, 1.807) is 0 Å². The first-order chi connectivity index (χ1) is 11.2. The van der Waals surface area contributed by atoms with E-state index in [1.165, 1.54) is 12.0 Å². The molecular formula is C19H21N3O. The summed E-state index contributed by atoms with van der Waals surface area (Å²) >= 11 is 0. The zero-order valence-electron chi connectivity index (χ0n) is 13.6. The number of rotatable bonds is 2. The van der Waals surface area contributed by atoms with Gasteiger partial charge in [-0.15, -0.1) is 0 Å². The minimum atomic E-state index is 0.0744. The number of ether oxygens (including phenoxy) is 1. The van der Waals surface area contributed by atoms with Crippen LogP contribution in [0, 0.1) is 13.8 Å². The number of pyridine rings is 1. The van der Waals surface area contributed by atoms with Crippen molar-refractivity contribution in [3.8, 4) is 11.3 Å². The Labute approximate surface area is 136 Å². The van der Waals surface area contributed by atoms with E-state index in [2.05, 4.69) is 42.4 Å². The van der Waals surface area contributed by atoms with Gasteiger partial charge in [-0.1, -0.05) is 18.2 Å². The Bertz CT molecular complexity index is 847. The maximum atomic E-state index is 5.87. The molecule has 3 heterocycles. The fraction of sp³-hybridized carbons (Fsp3) is 0.368. The van der Waals surface area contributed by atoms with Gasteiger partial charge in [0.25, 0.3) is 0 Å². The van der Waals surface area contributed by atoms with Crippen LogP contribution in [0.1, 0.15) is 36.7 Å². The van der Waals surface area contributed by atoms with Gasteiger partial charge in [-0.05, 0) is 50.8 Å². The molecule has 3 aromatic rings. The standard InChI is InChI=1S/C19H21N3O/c1-13-12-22(18-9-5-6-10-23-18)21-19(13)16-11-14(2)20-17-8-4-3-7-15(16)17/h3-4,7-8,11-12,18H,5-6,9-10H2,1-2H3. The van der Waals surface area contributed by atoms with Gasteiger partial charge >= 0.3 is 0 Å². The van der Waals surface area contributed by atoms with Crippen molar-refractivity contribution in [3.63, 3.8) is 0 Å². The number of aryl methyl sites for hydroxylation is 2. The highest BCUT2D eigenvalue weighted by atomic mass is 16.5. The molecule has 1 saturated heterocycles. The van der Waals surface area contributed by atoms with Crippen molar-refractivity contribution in [1.29, 1.82) is 0 Å². The molecule has 4 rings (SSSR count). The average molecular weight is 307 g/mol. The SMILES string of the molecule is Cc1cc(-c2nn(C3CCCCO3)cc2C)c2ccccc2n1. The molecule has 0 N–H and O–H groups in total. The van der Waals surface area contributed by atoms with Crippen LogP contribution in [0.25, 0.3) is 22.2 Å². The Hall–Kier alpha value is -2.20. The third-order valence-corrected chi connectivity index (χ3v) is 4.46. The van der Waals surface area contributed by atoms with Crippen LogP contribution in [0.2, 0.25) is 0 Å². The Morgan fingerprint density at radius 3 is 2.87 bits per heavy atom. The van der Waals surface area contributed by atoms with Gasteiger partial charge in [0.1, 0.15) is 6.23 Å². The molecule has 4 nitrogen and oxygen atoms in total. The molecule has 0 spiro atoms. The van der Waals surface area contributed by atoms with Gasteiger partial charge in [0.05, 0.1) is 11.2 Å². The maximum absolute atomic E-state index is 5.87. The second-order valence-corrected chi connectivity index (χ2v) is 6.29. The van der Waals surface area contributed by atoms with Crippen molar-refractivity contribution in [2.75, 3.05) is 6.61 Å². The summed E-state index contributed by atoms with van der Waals surface area (Å²) in [5, 5.41) is 6.01. The van der Waals surface area contributed by atoms with Crippen molar-refractivity contribution in [2.24, 2.45) is 0 Å². The van der Waals surface area contributed by atoms with Crippen LogP contribution in [0.15, 0.2) is 36.5 Å². The first-order valence-electron chi connectivity index (χ1n) is 8.26. The summed E-state index contributed by atoms with van der Waals surface area (Å²) in [5.41, 5.74) is 5.39. The Kier molecular flexibility index (Phi) is 3.62. The van der Waals surface area contributed by atoms with Crippen LogP contribution in [0.5, 0.6) is 0 Å². The molecule has 0 amide bonds. The lowest BCUT2D eigenvalue weighted by atomic mass is 10.0. The third-order valence-electron chi connectivity index (χ3n) is 4.46. The lowest BCUT2D eigenvalue weighted by molar-refractivity contribution is -0.0393. The van der Waals surface area contributed by atoms with Gasteiger partial charge < -0.3 is 4.74 Å². The zero-order chi connectivity index (χ0) is 15.8. The number of hydrogen-bond donors (Lipinski definition) is 0. The summed E-state index contributed by atoms with van der Waals surface area (Å²) in [6, 6.07) is 10.4. The summed E-state index contributed by atoms with van der Waals surface area (Å²) in [7, 11) is 0. The van der Waals surface area contributed by atoms with Crippen molar-refractivity contribution >= 4 is 10.9 Å². The number of para-hydroxylation sites is 1. The first-order valence-corrected chi connectivity index (χ1v) is 8.26. The molecule has 1 fully saturated rings. The lowest BCUT2D eigenvalue weighted by Crippen LogP contribution is -2.18. The van der Waals surface area contributed by atoms with Crippen molar-refractivity contribution in [2.45, 2.75) is 39.3 Å². The molecule has 0 radical (unpaired) electrons. The molecule has 1 aromatic carbocycles. The summed E-state index contributed by atoms with van der Waals surface area (Å²) in [6.45, 7) is 4.98. The second kappa shape index (κ2) is 5.78. The quantitative estimate of drug-likeness (QED) is 0.704. The van der Waals surface area contributed by atoms with Crippen LogP contribution in [-0.2, 0) is 4.74 Å². The Morgan fingerprint density at radius 1 is 1.17 bits per heavy atom. The van der Waals surface area contributed by atoms with Crippen LogP contribution in [-0.4, -0.2) is 21.4 Å². The van der Waals surface area contributed by atoms with Gasteiger partial charge in [0, 0.05) is 29.4 Å². The first kappa shape index (κ1) is 14.4. The topological polar surface area (TPSA) is 39.9 Å². The van der Waals surface area contributed by atoms with Gasteiger partial charge in [0.15, 0.2) is 0 Å². The molecule has 118 valence electrons. The van der Waals surface area contributed by atoms with Gasteiger partial charge in [-0.2, -0.15) is 5.10 Å². The highest BCUT2D eigenvalue weighted by Gasteiger charge is 2.19. The van der Waals surface area contributed by atoms with E-state index in [0.717, 1.165) is 47.3 Å². The normalized spacial score (nSPS) is 18.4. The highest BCUT2D eigenvalue weighted by molar-refractivity contribution is 5.94. The maximum Gasteiger partial charge on any atom is 0.150 e. The molecule has 2 aromatic heterocycles. The molecule has 1 aliphatic heterocycles. The molecular weight excluding hydrogens is 286 g/mol. The lowest BCUT2D eigenvalue weighted by Gasteiger charge is -2.22. The zero-order valence-corrected chi connectivity index (χ0v) is 13.6. The molecule has 4 heteroatoms. The minimum absolute atomic E-state index is 0.0744. The third kappa shape index (κ3) is 2.63. The largest absolute Gasteiger partial charge is 0.357 e.